The third-order valence-electron chi connectivity index (χ3n) is 6.28. The maximum Gasteiger partial charge on any atom is 0.255 e. The van der Waals surface area contributed by atoms with Crippen LogP contribution in [0.15, 0.2) is 52.9 Å². The first-order valence-electron chi connectivity index (χ1n) is 12.1. The number of halogens is 1. The van der Waals surface area contributed by atoms with Crippen molar-refractivity contribution in [1.29, 1.82) is 0 Å². The van der Waals surface area contributed by atoms with E-state index in [1.54, 1.807) is 36.9 Å². The van der Waals surface area contributed by atoms with Crippen LogP contribution in [-0.4, -0.2) is 49.2 Å². The summed E-state index contributed by atoms with van der Waals surface area (Å²) < 4.78 is 45.0. The molecule has 4 rings (SSSR count). The molecule has 0 aliphatic carbocycles. The van der Waals surface area contributed by atoms with Crippen molar-refractivity contribution in [3.05, 3.63) is 71.0 Å². The average molecular weight is 540 g/mol. The van der Waals surface area contributed by atoms with Crippen molar-refractivity contribution in [2.24, 2.45) is 0 Å². The Hall–Kier alpha value is -3.92. The molecule has 0 bridgehead atoms. The van der Waals surface area contributed by atoms with E-state index in [0.29, 0.717) is 59.0 Å². The van der Waals surface area contributed by atoms with Crippen LogP contribution in [0.2, 0.25) is 0 Å². The van der Waals surface area contributed by atoms with E-state index in [-0.39, 0.29) is 11.6 Å². The fourth-order valence-corrected chi connectivity index (χ4v) is 5.06. The molecule has 1 unspecified atom stereocenters. The number of amides is 1. The Morgan fingerprint density at radius 3 is 2.42 bits per heavy atom. The summed E-state index contributed by atoms with van der Waals surface area (Å²) in [6.07, 6.45) is 2.76. The molecule has 0 radical (unpaired) electrons. The second-order valence-electron chi connectivity index (χ2n) is 8.53. The van der Waals surface area contributed by atoms with Gasteiger partial charge >= 0.3 is 0 Å². The number of hydrogen-bond acceptors (Lipinski definition) is 6. The Morgan fingerprint density at radius 1 is 1.11 bits per heavy atom. The molecular formula is C28H30FN3O5S. The van der Waals surface area contributed by atoms with Crippen LogP contribution in [0.4, 0.5) is 10.2 Å². The lowest BCUT2D eigenvalue weighted by atomic mass is 10.0. The predicted molar refractivity (Wildman–Crippen MR) is 147 cm³/mol. The number of pyridine rings is 1. The van der Waals surface area contributed by atoms with Gasteiger partial charge in [0.2, 0.25) is 5.71 Å². The third-order valence-corrected chi connectivity index (χ3v) is 7.25. The van der Waals surface area contributed by atoms with Gasteiger partial charge in [-0.3, -0.25) is 9.10 Å². The van der Waals surface area contributed by atoms with Crippen LogP contribution in [0.25, 0.3) is 22.4 Å². The van der Waals surface area contributed by atoms with Gasteiger partial charge in [-0.15, -0.1) is 0 Å². The number of nitrogens with one attached hydrogen (secondary N) is 1. The number of carbonyl (C=O) groups is 1. The van der Waals surface area contributed by atoms with Crippen molar-refractivity contribution in [2.75, 3.05) is 38.4 Å². The number of furan rings is 1. The summed E-state index contributed by atoms with van der Waals surface area (Å²) >= 11 is 0. The number of aromatic nitrogens is 1. The van der Waals surface area contributed by atoms with Gasteiger partial charge in [0.15, 0.2) is 11.5 Å². The third kappa shape index (κ3) is 5.35. The van der Waals surface area contributed by atoms with Gasteiger partial charge in [-0.05, 0) is 66.4 Å². The summed E-state index contributed by atoms with van der Waals surface area (Å²) in [5.41, 5.74) is 2.90. The number of hydrogen-bond donors (Lipinski definition) is 1. The van der Waals surface area contributed by atoms with E-state index in [4.69, 9.17) is 18.9 Å². The van der Waals surface area contributed by atoms with Gasteiger partial charge in [0, 0.05) is 25.4 Å². The van der Waals surface area contributed by atoms with Crippen LogP contribution < -0.4 is 19.1 Å². The Kier molecular flexibility index (Phi) is 8.31. The van der Waals surface area contributed by atoms with E-state index in [9.17, 15) is 13.4 Å². The minimum atomic E-state index is -1.39. The van der Waals surface area contributed by atoms with Crippen molar-refractivity contribution < 1.29 is 27.3 Å². The van der Waals surface area contributed by atoms with Gasteiger partial charge in [0.05, 0.1) is 25.2 Å². The van der Waals surface area contributed by atoms with E-state index >= 15 is 0 Å². The number of carbonyl (C=O) groups excluding carboxylic acids is 1. The number of aryl methyl sites for hydroxylation is 1. The second-order valence-corrected chi connectivity index (χ2v) is 9.82. The minimum absolute atomic E-state index is 0.233. The molecule has 38 heavy (non-hydrogen) atoms. The molecule has 0 saturated carbocycles. The maximum atomic E-state index is 13.6. The van der Waals surface area contributed by atoms with Gasteiger partial charge in [0.1, 0.15) is 28.4 Å². The van der Waals surface area contributed by atoms with E-state index in [1.165, 1.54) is 19.2 Å². The van der Waals surface area contributed by atoms with Crippen LogP contribution >= 0.6 is 0 Å². The number of rotatable bonds is 10. The molecule has 0 fully saturated rings. The lowest BCUT2D eigenvalue weighted by Crippen LogP contribution is -2.29. The van der Waals surface area contributed by atoms with Crippen LogP contribution in [0.3, 0.4) is 0 Å². The van der Waals surface area contributed by atoms with Crippen molar-refractivity contribution >= 4 is 33.8 Å². The molecule has 1 atom stereocenters. The number of ether oxygens (including phenoxy) is 2. The number of benzene rings is 2. The van der Waals surface area contributed by atoms with Crippen LogP contribution in [-0.2, 0) is 23.8 Å². The zero-order chi connectivity index (χ0) is 27.4. The highest BCUT2D eigenvalue weighted by molar-refractivity contribution is 7.85. The normalized spacial score (nSPS) is 11.8. The molecule has 0 spiro atoms. The topological polar surface area (TPSA) is 93.9 Å². The molecule has 8 nitrogen and oxygen atoms in total. The predicted octanol–water partition coefficient (Wildman–Crippen LogP) is 4.92. The molecule has 200 valence electrons. The lowest BCUT2D eigenvalue weighted by molar-refractivity contribution is 0.0964. The van der Waals surface area contributed by atoms with Crippen molar-refractivity contribution in [3.63, 3.8) is 0 Å². The van der Waals surface area contributed by atoms with Crippen LogP contribution in [0.5, 0.6) is 11.5 Å². The lowest BCUT2D eigenvalue weighted by Gasteiger charge is -2.23. The molecule has 4 aromatic rings. The molecule has 10 heteroatoms. The fraction of sp³-hybridized carbons (Fsp3) is 0.286. The number of methoxy groups -OCH3 is 2. The molecular weight excluding hydrogens is 509 g/mol. The van der Waals surface area contributed by atoms with Crippen LogP contribution in [0, 0.1) is 5.82 Å². The Labute approximate surface area is 223 Å². The first kappa shape index (κ1) is 27.1. The van der Waals surface area contributed by atoms with Gasteiger partial charge in [-0.1, -0.05) is 13.0 Å². The summed E-state index contributed by atoms with van der Waals surface area (Å²) in [6.45, 7) is 2.38. The fourth-order valence-electron chi connectivity index (χ4n) is 4.31. The monoisotopic (exact) mass is 539 g/mol. The zero-order valence-corrected chi connectivity index (χ0v) is 22.8. The van der Waals surface area contributed by atoms with Crippen molar-refractivity contribution in [2.45, 2.75) is 19.8 Å². The van der Waals surface area contributed by atoms with Crippen LogP contribution in [0.1, 0.15) is 28.4 Å². The van der Waals surface area contributed by atoms with Crippen molar-refractivity contribution in [3.8, 4) is 22.8 Å². The van der Waals surface area contributed by atoms with Gasteiger partial charge in [-0.2, -0.15) is 4.98 Å². The molecule has 1 amide bonds. The standard InChI is InChI=1S/C28H30FN3O5S/c1-6-18-16-21-24(27(33)30-2)25(19-8-10-20(29)11-9-19)37-28(21)31-26(18)32(38(5)34)14-13-17-7-12-22(35-3)23(15-17)36-4/h7-12,15-16H,6,13-14H2,1-5H3,(H,30,33). The largest absolute Gasteiger partial charge is 0.493 e. The summed E-state index contributed by atoms with van der Waals surface area (Å²) in [4.78, 5) is 17.6. The molecule has 2 aromatic heterocycles. The summed E-state index contributed by atoms with van der Waals surface area (Å²) in [5, 5.41) is 3.18. The summed E-state index contributed by atoms with van der Waals surface area (Å²) in [7, 11) is 3.31. The number of anilines is 1. The van der Waals surface area contributed by atoms with Crippen molar-refractivity contribution in [1.82, 2.24) is 10.3 Å². The highest BCUT2D eigenvalue weighted by Gasteiger charge is 2.26. The quantitative estimate of drug-likeness (QED) is 0.308. The van der Waals surface area contributed by atoms with E-state index in [1.807, 2.05) is 31.2 Å². The van der Waals surface area contributed by atoms with Gasteiger partial charge in [0.25, 0.3) is 5.91 Å². The molecule has 1 N–H and O–H groups in total. The highest BCUT2D eigenvalue weighted by Crippen LogP contribution is 2.36. The van der Waals surface area contributed by atoms with E-state index < -0.39 is 16.8 Å². The number of nitrogens with zero attached hydrogens (tertiary/aromatic N) is 2. The first-order valence-corrected chi connectivity index (χ1v) is 13.6. The number of fused-ring (bicyclic) bond motifs is 1. The smallest absolute Gasteiger partial charge is 0.255 e. The molecule has 0 aliphatic heterocycles. The second kappa shape index (κ2) is 11.6. The molecule has 2 aromatic carbocycles. The Balaban J connectivity index is 1.78. The maximum absolute atomic E-state index is 13.6. The van der Waals surface area contributed by atoms with E-state index in [0.717, 1.165) is 11.1 Å². The minimum Gasteiger partial charge on any atom is -0.493 e. The Morgan fingerprint density at radius 2 is 1.82 bits per heavy atom. The van der Waals surface area contributed by atoms with Gasteiger partial charge < -0.3 is 19.2 Å². The van der Waals surface area contributed by atoms with Gasteiger partial charge in [-0.25, -0.2) is 8.60 Å². The molecule has 0 saturated heterocycles. The highest BCUT2D eigenvalue weighted by atomic mass is 32.2. The average Bonchev–Trinajstić information content (AvgIpc) is 3.30. The zero-order valence-electron chi connectivity index (χ0n) is 22.0. The first-order chi connectivity index (χ1) is 18.3. The van der Waals surface area contributed by atoms with E-state index in [2.05, 4.69) is 5.32 Å². The summed E-state index contributed by atoms with van der Waals surface area (Å²) in [6, 6.07) is 13.2. The summed E-state index contributed by atoms with van der Waals surface area (Å²) in [5.74, 6) is 1.33. The Bertz CT molecular complexity index is 1490. The SMILES string of the molecule is CCc1cc2c(C(=O)NC)c(-c3ccc(F)cc3)oc2nc1N(CCc1ccc(OC)c(OC)c1)S(C)=O. The molecule has 0 aliphatic rings. The molecule has 2 heterocycles.